The van der Waals surface area contributed by atoms with Crippen molar-refractivity contribution >= 4 is 27.4 Å². The van der Waals surface area contributed by atoms with Gasteiger partial charge in [0.25, 0.3) is 0 Å². The van der Waals surface area contributed by atoms with Crippen molar-refractivity contribution in [1.29, 1.82) is 0 Å². The van der Waals surface area contributed by atoms with Gasteiger partial charge in [-0.15, -0.1) is 0 Å². The predicted molar refractivity (Wildman–Crippen MR) is 114 cm³/mol. The molecule has 0 bridgehead atoms. The summed E-state index contributed by atoms with van der Waals surface area (Å²) in [6, 6.07) is 7.09. The summed E-state index contributed by atoms with van der Waals surface area (Å²) in [7, 11) is -3.95. The number of hydrogen-bond acceptors (Lipinski definition) is 5. The van der Waals surface area contributed by atoms with Crippen molar-refractivity contribution < 1.29 is 17.6 Å². The first-order valence-corrected chi connectivity index (χ1v) is 11.6. The molecule has 0 saturated carbocycles. The number of carbonyl (C=O) groups is 1. The molecule has 30 heavy (non-hydrogen) atoms. The highest BCUT2D eigenvalue weighted by Gasteiger charge is 2.25. The van der Waals surface area contributed by atoms with Crippen molar-refractivity contribution in [3.05, 3.63) is 48.4 Å². The minimum Gasteiger partial charge on any atom is -0.357 e. The molecule has 0 radical (unpaired) electrons. The Morgan fingerprint density at radius 3 is 2.43 bits per heavy atom. The van der Waals surface area contributed by atoms with Crippen molar-refractivity contribution in [2.24, 2.45) is 5.92 Å². The molecule has 162 valence electrons. The fourth-order valence-corrected chi connectivity index (χ4v) is 4.58. The maximum absolute atomic E-state index is 13.1. The van der Waals surface area contributed by atoms with Crippen molar-refractivity contribution in [2.45, 2.75) is 44.0 Å². The Morgan fingerprint density at radius 2 is 1.87 bits per heavy atom. The van der Waals surface area contributed by atoms with Crippen LogP contribution in [-0.2, 0) is 14.8 Å². The van der Waals surface area contributed by atoms with Crippen LogP contribution in [0.3, 0.4) is 0 Å². The quantitative estimate of drug-likeness (QED) is 0.699. The Labute approximate surface area is 176 Å². The number of pyridine rings is 1. The maximum Gasteiger partial charge on any atom is 0.242 e. The number of amides is 1. The number of nitrogens with zero attached hydrogens (tertiary/aromatic N) is 2. The second-order valence-electron chi connectivity index (χ2n) is 7.60. The van der Waals surface area contributed by atoms with Gasteiger partial charge in [0, 0.05) is 13.1 Å². The summed E-state index contributed by atoms with van der Waals surface area (Å²) in [6.07, 6.45) is 4.09. The number of anilines is 2. The highest BCUT2D eigenvalue weighted by Crippen LogP contribution is 2.22. The zero-order valence-electron chi connectivity index (χ0n) is 17.1. The van der Waals surface area contributed by atoms with Crippen LogP contribution in [0.25, 0.3) is 0 Å². The number of piperidine rings is 1. The third-order valence-corrected chi connectivity index (χ3v) is 6.76. The molecule has 0 spiro atoms. The summed E-state index contributed by atoms with van der Waals surface area (Å²) < 4.78 is 40.4. The third-order valence-electron chi connectivity index (χ3n) is 5.27. The summed E-state index contributed by atoms with van der Waals surface area (Å²) in [5.74, 6) is 0.576. The first-order chi connectivity index (χ1) is 14.3. The van der Waals surface area contributed by atoms with Crippen molar-refractivity contribution in [1.82, 2.24) is 9.71 Å². The molecule has 2 aromatic rings. The number of hydrogen-bond donors (Lipinski definition) is 2. The maximum atomic E-state index is 13.1. The standard InChI is InChI=1S/C21H27FN4O3S/c1-3-19(25-30(28,29)18-7-4-16(22)5-8-18)21(27)24-17-6-9-20(23-14-17)26-12-10-15(2)11-13-26/h4-9,14-15,19,25H,3,10-13H2,1-2H3,(H,24,27). The average molecular weight is 435 g/mol. The summed E-state index contributed by atoms with van der Waals surface area (Å²) in [5, 5.41) is 2.71. The van der Waals surface area contributed by atoms with E-state index in [4.69, 9.17) is 0 Å². The molecule has 1 aromatic carbocycles. The molecule has 2 N–H and O–H groups in total. The SMILES string of the molecule is CCC(NS(=O)(=O)c1ccc(F)cc1)C(=O)Nc1ccc(N2CCC(C)CC2)nc1. The Morgan fingerprint density at radius 1 is 1.20 bits per heavy atom. The zero-order chi connectivity index (χ0) is 21.7. The van der Waals surface area contributed by atoms with E-state index in [2.05, 4.69) is 26.8 Å². The van der Waals surface area contributed by atoms with Gasteiger partial charge in [0.1, 0.15) is 17.7 Å². The summed E-state index contributed by atoms with van der Waals surface area (Å²) in [6.45, 7) is 5.87. The Hall–Kier alpha value is -2.52. The molecule has 3 rings (SSSR count). The predicted octanol–water partition coefficient (Wildman–Crippen LogP) is 3.15. The van der Waals surface area contributed by atoms with Gasteiger partial charge in [0.2, 0.25) is 15.9 Å². The van der Waals surface area contributed by atoms with Crippen LogP contribution in [0.1, 0.15) is 33.1 Å². The molecular formula is C21H27FN4O3S. The van der Waals surface area contributed by atoms with E-state index in [0.29, 0.717) is 5.69 Å². The number of nitrogens with one attached hydrogen (secondary N) is 2. The Kier molecular flexibility index (Phi) is 7.04. The molecular weight excluding hydrogens is 407 g/mol. The average Bonchev–Trinajstić information content (AvgIpc) is 2.73. The molecule has 1 amide bonds. The van der Waals surface area contributed by atoms with Gasteiger partial charge in [-0.25, -0.2) is 17.8 Å². The van der Waals surface area contributed by atoms with Crippen LogP contribution >= 0.6 is 0 Å². The fraction of sp³-hybridized carbons (Fsp3) is 0.429. The lowest BCUT2D eigenvalue weighted by Crippen LogP contribution is -2.43. The number of aromatic nitrogens is 1. The van der Waals surface area contributed by atoms with E-state index in [1.807, 2.05) is 6.07 Å². The summed E-state index contributed by atoms with van der Waals surface area (Å²) in [4.78, 5) is 19.1. The fourth-order valence-electron chi connectivity index (χ4n) is 3.31. The van der Waals surface area contributed by atoms with E-state index in [9.17, 15) is 17.6 Å². The van der Waals surface area contributed by atoms with Crippen molar-refractivity contribution in [2.75, 3.05) is 23.3 Å². The molecule has 1 unspecified atom stereocenters. The highest BCUT2D eigenvalue weighted by molar-refractivity contribution is 7.89. The number of carbonyl (C=O) groups excluding carboxylic acids is 1. The lowest BCUT2D eigenvalue weighted by Gasteiger charge is -2.31. The van der Waals surface area contributed by atoms with Gasteiger partial charge in [0.15, 0.2) is 0 Å². The molecule has 2 heterocycles. The monoisotopic (exact) mass is 434 g/mol. The molecule has 1 atom stereocenters. The van der Waals surface area contributed by atoms with Crippen LogP contribution in [0, 0.1) is 11.7 Å². The number of rotatable bonds is 7. The molecule has 1 aromatic heterocycles. The molecule has 9 heteroatoms. The number of halogens is 1. The van der Waals surface area contributed by atoms with Gasteiger partial charge < -0.3 is 10.2 Å². The van der Waals surface area contributed by atoms with Gasteiger partial charge >= 0.3 is 0 Å². The van der Waals surface area contributed by atoms with Gasteiger partial charge in [-0.2, -0.15) is 4.72 Å². The van der Waals surface area contributed by atoms with E-state index < -0.39 is 27.8 Å². The summed E-state index contributed by atoms with van der Waals surface area (Å²) >= 11 is 0. The number of sulfonamides is 1. The lowest BCUT2D eigenvalue weighted by molar-refractivity contribution is -0.117. The largest absolute Gasteiger partial charge is 0.357 e. The third kappa shape index (κ3) is 5.54. The van der Waals surface area contributed by atoms with Crippen LogP contribution in [0.15, 0.2) is 47.5 Å². The summed E-state index contributed by atoms with van der Waals surface area (Å²) in [5.41, 5.74) is 0.494. The van der Waals surface area contributed by atoms with Crippen LogP contribution in [0.4, 0.5) is 15.9 Å². The molecule has 1 saturated heterocycles. The highest BCUT2D eigenvalue weighted by atomic mass is 32.2. The lowest BCUT2D eigenvalue weighted by atomic mass is 9.99. The van der Waals surface area contributed by atoms with Gasteiger partial charge in [0.05, 0.1) is 16.8 Å². The second-order valence-corrected chi connectivity index (χ2v) is 9.31. The first kappa shape index (κ1) is 22.2. The normalized spacial score (nSPS) is 16.3. The topological polar surface area (TPSA) is 91.4 Å². The molecule has 1 aliphatic heterocycles. The van der Waals surface area contributed by atoms with Crippen LogP contribution in [0.2, 0.25) is 0 Å². The van der Waals surface area contributed by atoms with Crippen LogP contribution in [0.5, 0.6) is 0 Å². The van der Waals surface area contributed by atoms with Crippen LogP contribution < -0.4 is 14.9 Å². The molecule has 1 aliphatic rings. The molecule has 0 aliphatic carbocycles. The van der Waals surface area contributed by atoms with Crippen molar-refractivity contribution in [3.8, 4) is 0 Å². The minimum atomic E-state index is -3.95. The van der Waals surface area contributed by atoms with E-state index in [-0.39, 0.29) is 11.3 Å². The Bertz CT molecular complexity index is 957. The van der Waals surface area contributed by atoms with Gasteiger partial charge in [-0.1, -0.05) is 13.8 Å². The van der Waals surface area contributed by atoms with E-state index >= 15 is 0 Å². The van der Waals surface area contributed by atoms with E-state index in [1.54, 1.807) is 19.2 Å². The zero-order valence-corrected chi connectivity index (χ0v) is 18.0. The first-order valence-electron chi connectivity index (χ1n) is 10.1. The van der Waals surface area contributed by atoms with Gasteiger partial charge in [-0.05, 0) is 61.6 Å². The molecule has 1 fully saturated rings. The van der Waals surface area contributed by atoms with Crippen molar-refractivity contribution in [3.63, 3.8) is 0 Å². The van der Waals surface area contributed by atoms with E-state index in [1.165, 1.54) is 0 Å². The molecule has 7 nitrogen and oxygen atoms in total. The number of benzene rings is 1. The van der Waals surface area contributed by atoms with Gasteiger partial charge in [-0.3, -0.25) is 4.79 Å². The minimum absolute atomic E-state index is 0.1000. The second kappa shape index (κ2) is 9.53. The van der Waals surface area contributed by atoms with Crippen LogP contribution in [-0.4, -0.2) is 38.4 Å². The van der Waals surface area contributed by atoms with E-state index in [0.717, 1.165) is 61.9 Å². The smallest absolute Gasteiger partial charge is 0.242 e. The Balaban J connectivity index is 1.62.